The average molecular weight is 491 g/mol. The molecular weight excluding hydrogens is 464 g/mol. The quantitative estimate of drug-likeness (QED) is 0.501. The summed E-state index contributed by atoms with van der Waals surface area (Å²) in [6.07, 6.45) is -3.65. The number of sulfonamides is 1. The van der Waals surface area contributed by atoms with Crippen LogP contribution in [0.25, 0.3) is 0 Å². The number of rotatable bonds is 9. The Morgan fingerprint density at radius 2 is 1.76 bits per heavy atom. The summed E-state index contributed by atoms with van der Waals surface area (Å²) in [7, 11) is -3.67. The van der Waals surface area contributed by atoms with E-state index in [0.29, 0.717) is 11.1 Å². The highest BCUT2D eigenvalue weighted by atomic mass is 32.2. The van der Waals surface area contributed by atoms with Gasteiger partial charge in [0.05, 0.1) is 30.0 Å². The van der Waals surface area contributed by atoms with E-state index in [1.54, 1.807) is 0 Å². The molecule has 0 aromatic heterocycles. The number of hydrogen-bond acceptors (Lipinski definition) is 4. The number of hydrogen-bond donors (Lipinski definition) is 2. The number of ether oxygens (including phenoxy) is 1. The Hall–Kier alpha value is -2.82. The Balaban J connectivity index is 2.15. The van der Waals surface area contributed by atoms with Crippen molar-refractivity contribution in [3.05, 3.63) is 58.9 Å². The highest BCUT2D eigenvalue weighted by Crippen LogP contribution is 2.33. The Labute approximate surface area is 190 Å². The highest BCUT2D eigenvalue weighted by Gasteiger charge is 2.31. The molecule has 2 rings (SSSR count). The zero-order valence-corrected chi connectivity index (χ0v) is 19.4. The predicted octanol–water partition coefficient (Wildman–Crippen LogP) is 4.67. The number of benzene rings is 2. The van der Waals surface area contributed by atoms with Gasteiger partial charge in [0, 0.05) is 12.1 Å². The molecule has 2 aromatic carbocycles. The van der Waals surface area contributed by atoms with Gasteiger partial charge in [-0.3, -0.25) is 9.52 Å². The van der Waals surface area contributed by atoms with Crippen molar-refractivity contribution in [1.29, 1.82) is 0 Å². The van der Waals surface area contributed by atoms with Crippen LogP contribution in [0.3, 0.4) is 0 Å². The molecule has 1 unspecified atom stereocenters. The SMILES string of the molecule is CC(C)COc1cc(C(F)(F)F)ccc1CNC(=O)C(C)c1ccc(NS(C)(=O)=O)c(F)c1. The van der Waals surface area contributed by atoms with Gasteiger partial charge < -0.3 is 10.1 Å². The van der Waals surface area contributed by atoms with E-state index in [2.05, 4.69) is 5.32 Å². The van der Waals surface area contributed by atoms with Crippen molar-refractivity contribution in [3.63, 3.8) is 0 Å². The van der Waals surface area contributed by atoms with E-state index in [-0.39, 0.29) is 30.5 Å². The summed E-state index contributed by atoms with van der Waals surface area (Å²) in [5, 5.41) is 2.62. The minimum atomic E-state index is -4.53. The minimum Gasteiger partial charge on any atom is -0.493 e. The van der Waals surface area contributed by atoms with Crippen LogP contribution < -0.4 is 14.8 Å². The molecule has 0 heterocycles. The highest BCUT2D eigenvalue weighted by molar-refractivity contribution is 7.92. The van der Waals surface area contributed by atoms with Crippen molar-refractivity contribution in [2.45, 2.75) is 39.4 Å². The van der Waals surface area contributed by atoms with Gasteiger partial charge in [0.1, 0.15) is 11.6 Å². The van der Waals surface area contributed by atoms with Gasteiger partial charge in [0.25, 0.3) is 0 Å². The molecule has 0 aliphatic rings. The van der Waals surface area contributed by atoms with Crippen LogP contribution in [0.15, 0.2) is 36.4 Å². The van der Waals surface area contributed by atoms with Gasteiger partial charge in [0.15, 0.2) is 0 Å². The molecule has 0 fully saturated rings. The van der Waals surface area contributed by atoms with Gasteiger partial charge in [-0.2, -0.15) is 13.2 Å². The molecular formula is C22H26F4N2O4S. The smallest absolute Gasteiger partial charge is 0.416 e. The largest absolute Gasteiger partial charge is 0.493 e. The van der Waals surface area contributed by atoms with E-state index < -0.39 is 39.4 Å². The first-order valence-corrected chi connectivity index (χ1v) is 11.9. The van der Waals surface area contributed by atoms with Gasteiger partial charge in [-0.05, 0) is 42.7 Å². The summed E-state index contributed by atoms with van der Waals surface area (Å²) in [5.74, 6) is -2.04. The standard InChI is InChI=1S/C22H26F4N2O4S/c1-13(2)12-32-20-10-17(22(24,25)26)7-5-16(20)11-27-21(29)14(3)15-6-8-19(18(23)9-15)28-33(4,30)31/h5-10,13-14,28H,11-12H2,1-4H3,(H,27,29). The first-order chi connectivity index (χ1) is 15.2. The number of carbonyl (C=O) groups excluding carboxylic acids is 1. The number of nitrogens with one attached hydrogen (secondary N) is 2. The molecule has 0 saturated carbocycles. The van der Waals surface area contributed by atoms with E-state index in [4.69, 9.17) is 4.74 Å². The molecule has 0 aliphatic carbocycles. The molecule has 6 nitrogen and oxygen atoms in total. The molecule has 11 heteroatoms. The van der Waals surface area contributed by atoms with Gasteiger partial charge in [-0.25, -0.2) is 12.8 Å². The minimum absolute atomic E-state index is 0.0220. The zero-order valence-electron chi connectivity index (χ0n) is 18.6. The van der Waals surface area contributed by atoms with E-state index in [1.165, 1.54) is 25.1 Å². The summed E-state index contributed by atoms with van der Waals surface area (Å²) in [6, 6.07) is 6.73. The zero-order chi connectivity index (χ0) is 25.0. The van der Waals surface area contributed by atoms with E-state index in [9.17, 15) is 30.8 Å². The monoisotopic (exact) mass is 490 g/mol. The second kappa shape index (κ2) is 10.4. The number of amides is 1. The maximum absolute atomic E-state index is 14.2. The normalized spacial score (nSPS) is 13.0. The fraction of sp³-hybridized carbons (Fsp3) is 0.409. The Kier molecular flexibility index (Phi) is 8.34. The third kappa shape index (κ3) is 7.92. The maximum atomic E-state index is 14.2. The summed E-state index contributed by atoms with van der Waals surface area (Å²) < 4.78 is 83.5. The van der Waals surface area contributed by atoms with Crippen molar-refractivity contribution in [3.8, 4) is 5.75 Å². The topological polar surface area (TPSA) is 84.5 Å². The summed E-state index contributed by atoms with van der Waals surface area (Å²) >= 11 is 0. The Morgan fingerprint density at radius 1 is 1.09 bits per heavy atom. The van der Waals surface area contributed by atoms with Crippen LogP contribution >= 0.6 is 0 Å². The van der Waals surface area contributed by atoms with Crippen LogP contribution in [0.1, 0.15) is 43.4 Å². The number of halogens is 4. The molecule has 1 atom stereocenters. The van der Waals surface area contributed by atoms with Crippen LogP contribution in [0.5, 0.6) is 5.75 Å². The maximum Gasteiger partial charge on any atom is 0.416 e. The Bertz CT molecular complexity index is 1100. The molecule has 182 valence electrons. The van der Waals surface area contributed by atoms with Gasteiger partial charge in [-0.1, -0.05) is 26.0 Å². The lowest BCUT2D eigenvalue weighted by Gasteiger charge is -2.18. The molecule has 0 aliphatic heterocycles. The molecule has 0 bridgehead atoms. The molecule has 1 amide bonds. The van der Waals surface area contributed by atoms with E-state index in [1.807, 2.05) is 18.6 Å². The molecule has 0 saturated heterocycles. The lowest BCUT2D eigenvalue weighted by molar-refractivity contribution is -0.137. The fourth-order valence-electron chi connectivity index (χ4n) is 2.84. The van der Waals surface area contributed by atoms with Gasteiger partial charge in [0.2, 0.25) is 15.9 Å². The van der Waals surface area contributed by atoms with Gasteiger partial charge in [-0.15, -0.1) is 0 Å². The first kappa shape index (κ1) is 26.4. The van der Waals surface area contributed by atoms with Gasteiger partial charge >= 0.3 is 6.18 Å². The van der Waals surface area contributed by atoms with Crippen molar-refractivity contribution < 1.29 is 35.5 Å². The summed E-state index contributed by atoms with van der Waals surface area (Å²) in [6.45, 7) is 5.34. The van der Waals surface area contributed by atoms with Crippen LogP contribution in [-0.4, -0.2) is 27.2 Å². The van der Waals surface area contributed by atoms with Crippen LogP contribution in [0.2, 0.25) is 0 Å². The number of carbonyl (C=O) groups is 1. The Morgan fingerprint density at radius 3 is 2.30 bits per heavy atom. The molecule has 0 spiro atoms. The number of anilines is 1. The average Bonchev–Trinajstić information content (AvgIpc) is 2.69. The van der Waals surface area contributed by atoms with Crippen LogP contribution in [0, 0.1) is 11.7 Å². The lowest BCUT2D eigenvalue weighted by Crippen LogP contribution is -2.28. The second-order valence-corrected chi connectivity index (χ2v) is 9.83. The van der Waals surface area contributed by atoms with Crippen LogP contribution in [-0.2, 0) is 27.5 Å². The second-order valence-electron chi connectivity index (χ2n) is 8.08. The summed E-state index contributed by atoms with van der Waals surface area (Å²) in [4.78, 5) is 12.6. The van der Waals surface area contributed by atoms with Crippen molar-refractivity contribution in [1.82, 2.24) is 5.32 Å². The van der Waals surface area contributed by atoms with E-state index >= 15 is 0 Å². The third-order valence-corrected chi connectivity index (χ3v) is 5.19. The van der Waals surface area contributed by atoms with Crippen LogP contribution in [0.4, 0.5) is 23.2 Å². The molecule has 33 heavy (non-hydrogen) atoms. The first-order valence-electron chi connectivity index (χ1n) is 10.0. The number of alkyl halides is 3. The van der Waals surface area contributed by atoms with E-state index in [0.717, 1.165) is 24.5 Å². The lowest BCUT2D eigenvalue weighted by atomic mass is 9.99. The predicted molar refractivity (Wildman–Crippen MR) is 117 cm³/mol. The molecule has 0 radical (unpaired) electrons. The third-order valence-electron chi connectivity index (χ3n) is 4.60. The van der Waals surface area contributed by atoms with Crippen molar-refractivity contribution >= 4 is 21.6 Å². The fourth-order valence-corrected chi connectivity index (χ4v) is 3.40. The van der Waals surface area contributed by atoms with Crippen molar-refractivity contribution in [2.24, 2.45) is 5.92 Å². The molecule has 2 N–H and O–H groups in total. The summed E-state index contributed by atoms with van der Waals surface area (Å²) in [5.41, 5.74) is -0.440. The van der Waals surface area contributed by atoms with Crippen molar-refractivity contribution in [2.75, 3.05) is 17.6 Å². The molecule has 2 aromatic rings.